The van der Waals surface area contributed by atoms with Gasteiger partial charge in [0.15, 0.2) is 0 Å². The van der Waals surface area contributed by atoms with Gasteiger partial charge in [0.25, 0.3) is 0 Å². The van der Waals surface area contributed by atoms with Crippen LogP contribution in [0.25, 0.3) is 0 Å². The van der Waals surface area contributed by atoms with Gasteiger partial charge in [-0.25, -0.2) is 0 Å². The first kappa shape index (κ1) is 31.9. The van der Waals surface area contributed by atoms with Gasteiger partial charge >= 0.3 is 0 Å². The Morgan fingerprint density at radius 1 is 0.238 bits per heavy atom. The van der Waals surface area contributed by atoms with Gasteiger partial charge in [-0.15, -0.1) is 0 Å². The van der Waals surface area contributed by atoms with E-state index in [1.165, 1.54) is 103 Å². The molecule has 8 bridgehead atoms. The molecule has 10 heteroatoms. The zero-order valence-corrected chi connectivity index (χ0v) is 29.5. The van der Waals surface area contributed by atoms with Gasteiger partial charge in [-0.3, -0.25) is 42.5 Å². The van der Waals surface area contributed by atoms with Crippen LogP contribution < -0.4 is 42.5 Å². The van der Waals surface area contributed by atoms with Crippen LogP contribution in [0.5, 0.6) is 0 Å². The Morgan fingerprint density at radius 2 is 0.357 bits per heavy atom. The third-order valence-electron chi connectivity index (χ3n) is 13.8. The first-order valence-electron chi connectivity index (χ1n) is 17.9. The van der Waals surface area contributed by atoms with Gasteiger partial charge < -0.3 is 0 Å². The van der Waals surface area contributed by atoms with Crippen molar-refractivity contribution in [1.82, 2.24) is 42.5 Å². The third kappa shape index (κ3) is 5.62. The van der Waals surface area contributed by atoms with E-state index in [0.717, 1.165) is 47.3 Å². The van der Waals surface area contributed by atoms with E-state index in [9.17, 15) is 0 Å². The number of hydrogen-bond donors (Lipinski definition) is 8. The molecule has 5 heterocycles. The molecule has 4 aliphatic carbocycles. The van der Waals surface area contributed by atoms with Gasteiger partial charge in [0.05, 0.1) is 49.3 Å². The minimum atomic E-state index is 0. The maximum Gasteiger partial charge on any atom is 0.0628 e. The Hall–Kier alpha value is 1.30. The Labute approximate surface area is 289 Å². The second-order valence-electron chi connectivity index (χ2n) is 15.6. The van der Waals surface area contributed by atoms with Crippen molar-refractivity contribution in [2.24, 2.45) is 47.3 Å². The van der Waals surface area contributed by atoms with Crippen LogP contribution in [-0.4, -0.2) is 49.3 Å². The molecule has 9 aliphatic rings. The molecule has 0 aromatic rings. The summed E-state index contributed by atoms with van der Waals surface area (Å²) in [6.45, 7) is 0. The zero-order chi connectivity index (χ0) is 26.2. The molecule has 8 N–H and O–H groups in total. The predicted octanol–water partition coefficient (Wildman–Crippen LogP) is 2.60. The molecular formula is C32H56MnN8Y. The minimum Gasteiger partial charge on any atom is -0.286 e. The topological polar surface area (TPSA) is 96.2 Å². The Bertz CT molecular complexity index is 723. The van der Waals surface area contributed by atoms with Crippen LogP contribution in [0.15, 0.2) is 0 Å². The van der Waals surface area contributed by atoms with Crippen LogP contribution >= 0.6 is 0 Å². The Kier molecular flexibility index (Phi) is 10.2. The fourth-order valence-electron chi connectivity index (χ4n) is 12.0. The maximum atomic E-state index is 4.26. The first-order chi connectivity index (χ1) is 19.8. The molecule has 0 spiro atoms. The van der Waals surface area contributed by atoms with Gasteiger partial charge in [0.2, 0.25) is 0 Å². The van der Waals surface area contributed by atoms with Crippen molar-refractivity contribution in [3.8, 4) is 0 Å². The van der Waals surface area contributed by atoms with Gasteiger partial charge in [0.1, 0.15) is 0 Å². The molecule has 8 atom stereocenters. The van der Waals surface area contributed by atoms with Crippen LogP contribution in [0.4, 0.5) is 0 Å². The van der Waals surface area contributed by atoms with Crippen molar-refractivity contribution in [3.63, 3.8) is 0 Å². The molecular weight excluding hydrogens is 640 g/mol. The Morgan fingerprint density at radius 3 is 0.476 bits per heavy atom. The van der Waals surface area contributed by atoms with Crippen molar-refractivity contribution in [1.29, 1.82) is 0 Å². The summed E-state index contributed by atoms with van der Waals surface area (Å²) in [6.07, 6.45) is 25.6. The number of rotatable bonds is 0. The van der Waals surface area contributed by atoms with Gasteiger partial charge in [-0.05, 0) is 98.7 Å². The molecule has 8 unspecified atom stereocenters. The maximum absolute atomic E-state index is 4.26. The summed E-state index contributed by atoms with van der Waals surface area (Å²) in [5.74, 6) is 5.97. The molecule has 0 amide bonds. The van der Waals surface area contributed by atoms with Crippen molar-refractivity contribution >= 4 is 0 Å². The summed E-state index contributed by atoms with van der Waals surface area (Å²) < 4.78 is 0. The van der Waals surface area contributed by atoms with E-state index < -0.39 is 0 Å². The normalized spacial score (nSPS) is 54.9. The van der Waals surface area contributed by atoms with E-state index >= 15 is 0 Å². The summed E-state index contributed by atoms with van der Waals surface area (Å²) in [4.78, 5) is 0. The van der Waals surface area contributed by atoms with Crippen LogP contribution in [0.3, 0.4) is 0 Å². The van der Waals surface area contributed by atoms with Crippen LogP contribution in [0, 0.1) is 47.3 Å². The first-order valence-corrected chi connectivity index (χ1v) is 17.9. The van der Waals surface area contributed by atoms with Crippen LogP contribution in [-0.2, 0) is 49.8 Å². The van der Waals surface area contributed by atoms with Gasteiger partial charge in [-0.2, -0.15) is 0 Å². The van der Waals surface area contributed by atoms with E-state index in [4.69, 9.17) is 0 Å². The average Bonchev–Trinajstić information content (AvgIpc) is 3.73. The van der Waals surface area contributed by atoms with Crippen molar-refractivity contribution in [2.45, 2.75) is 152 Å². The third-order valence-corrected chi connectivity index (χ3v) is 13.8. The molecule has 4 saturated carbocycles. The summed E-state index contributed by atoms with van der Waals surface area (Å²) >= 11 is 0. The molecule has 9 fully saturated rings. The number of hydrogen-bond acceptors (Lipinski definition) is 8. The second kappa shape index (κ2) is 13.4. The fraction of sp³-hybridized carbons (Fsp3) is 1.00. The molecule has 234 valence electrons. The van der Waals surface area contributed by atoms with Crippen LogP contribution in [0.2, 0.25) is 0 Å². The molecule has 42 heavy (non-hydrogen) atoms. The largest absolute Gasteiger partial charge is 0.286 e. The van der Waals surface area contributed by atoms with Crippen molar-refractivity contribution < 1.29 is 49.8 Å². The SMILES string of the molecule is C1CCC2C3NC(NC4NC(NC5NC(NC6NC(N3)C3CCCCC63)C3CCCCC53)C3CCCCC43)C2C1.[Mn].[Y]. The molecule has 5 aliphatic heterocycles. The summed E-state index contributed by atoms with van der Waals surface area (Å²) in [5, 5.41) is 33.8. The minimum absolute atomic E-state index is 0. The number of fused-ring (bicyclic) bond motifs is 20. The van der Waals surface area contributed by atoms with Crippen LogP contribution in [0.1, 0.15) is 103 Å². The standard InChI is InChI=1S/C32H56N8.Mn.Y/c1-2-10-18-17(9-1)25-33-26(18)38-28-21-13-5-6-14-22(21)30(35-28)40-32-24-16-8-7-15-23(24)31(36-32)39-29-20-12-4-3-11-19(20)27(34-29)37-25;;/h17-40H,1-16H2;;. The summed E-state index contributed by atoms with van der Waals surface area (Å²) in [7, 11) is 0. The van der Waals surface area contributed by atoms with Gasteiger partial charge in [-0.1, -0.05) is 51.4 Å². The van der Waals surface area contributed by atoms with E-state index in [-0.39, 0.29) is 49.8 Å². The average molecular weight is 697 g/mol. The molecule has 0 aromatic heterocycles. The molecule has 2 radical (unpaired) electrons. The molecule has 9 rings (SSSR count). The van der Waals surface area contributed by atoms with E-state index in [1.54, 1.807) is 0 Å². The molecule has 0 aromatic carbocycles. The predicted molar refractivity (Wildman–Crippen MR) is 157 cm³/mol. The smallest absolute Gasteiger partial charge is 0.0628 e. The fourth-order valence-corrected chi connectivity index (χ4v) is 12.0. The molecule has 5 saturated heterocycles. The van der Waals surface area contributed by atoms with Crippen molar-refractivity contribution in [2.75, 3.05) is 0 Å². The van der Waals surface area contributed by atoms with E-state index in [1.807, 2.05) is 0 Å². The molecule has 8 nitrogen and oxygen atoms in total. The summed E-state index contributed by atoms with van der Waals surface area (Å²) in [5.41, 5.74) is 0. The van der Waals surface area contributed by atoms with Crippen molar-refractivity contribution in [3.05, 3.63) is 0 Å². The Balaban J connectivity index is 0.00000144. The van der Waals surface area contributed by atoms with E-state index in [2.05, 4.69) is 42.5 Å². The van der Waals surface area contributed by atoms with Gasteiger partial charge in [0, 0.05) is 49.8 Å². The second-order valence-corrected chi connectivity index (χ2v) is 15.6. The number of nitrogens with one attached hydrogen (secondary N) is 8. The quantitative estimate of drug-likeness (QED) is 0.184. The van der Waals surface area contributed by atoms with E-state index in [0.29, 0.717) is 49.3 Å². The zero-order valence-electron chi connectivity index (χ0n) is 25.5. The summed E-state index contributed by atoms with van der Waals surface area (Å²) in [6, 6.07) is 0. The monoisotopic (exact) mass is 696 g/mol.